The predicted octanol–water partition coefficient (Wildman–Crippen LogP) is 3.17. The zero-order valence-electron chi connectivity index (χ0n) is 12.1. The van der Waals surface area contributed by atoms with Crippen molar-refractivity contribution in [2.45, 2.75) is 13.8 Å². The average molecular weight is 369 g/mol. The number of rotatable bonds is 4. The van der Waals surface area contributed by atoms with Crippen LogP contribution in [0.25, 0.3) is 6.08 Å². The summed E-state index contributed by atoms with van der Waals surface area (Å²) in [4.78, 5) is 14.0. The number of methoxy groups -OCH3 is 1. The lowest BCUT2D eigenvalue weighted by molar-refractivity contribution is -0.122. The largest absolute Gasteiger partial charge is 0.496 e. The molecule has 112 valence electrons. The Morgan fingerprint density at radius 3 is 2.81 bits per heavy atom. The molecular weight excluding hydrogens is 352 g/mol. The fourth-order valence-electron chi connectivity index (χ4n) is 2.08. The molecule has 6 heteroatoms. The Kier molecular flexibility index (Phi) is 5.00. The molecule has 1 aromatic carbocycles. The molecule has 0 spiro atoms. The van der Waals surface area contributed by atoms with E-state index in [1.165, 1.54) is 0 Å². The van der Waals surface area contributed by atoms with Crippen LogP contribution in [-0.4, -0.2) is 29.6 Å². The standard InChI is InChI=1S/C15H17BrN2O2S/c1-9(2)8-18-14(19)12(17-15(18)21)7-10-6-11(16)4-5-13(10)20-3/h4-7,9H,8H2,1-3H3,(H,17,21)/b12-7+. The molecule has 1 amide bonds. The summed E-state index contributed by atoms with van der Waals surface area (Å²) in [5.74, 6) is 0.956. The van der Waals surface area contributed by atoms with E-state index < -0.39 is 0 Å². The number of carbonyl (C=O) groups excluding carboxylic acids is 1. The summed E-state index contributed by atoms with van der Waals surface area (Å²) >= 11 is 8.65. The van der Waals surface area contributed by atoms with E-state index in [1.54, 1.807) is 18.1 Å². The van der Waals surface area contributed by atoms with Gasteiger partial charge in [-0.2, -0.15) is 0 Å². The van der Waals surface area contributed by atoms with E-state index in [1.807, 2.05) is 18.2 Å². The molecule has 0 radical (unpaired) electrons. The molecule has 21 heavy (non-hydrogen) atoms. The van der Waals surface area contributed by atoms with Crippen molar-refractivity contribution >= 4 is 45.2 Å². The number of thiocarbonyl (C=S) groups is 1. The van der Waals surface area contributed by atoms with Crippen molar-refractivity contribution in [3.8, 4) is 5.75 Å². The average Bonchev–Trinajstić information content (AvgIpc) is 2.66. The van der Waals surface area contributed by atoms with Gasteiger partial charge in [-0.25, -0.2) is 0 Å². The monoisotopic (exact) mass is 368 g/mol. The molecule has 1 heterocycles. The molecule has 0 bridgehead atoms. The Labute approximate surface area is 138 Å². The predicted molar refractivity (Wildman–Crippen MR) is 91.0 cm³/mol. The van der Waals surface area contributed by atoms with E-state index in [0.717, 1.165) is 10.0 Å². The molecule has 2 rings (SSSR count). The first-order chi connectivity index (χ1) is 9.92. The van der Waals surface area contributed by atoms with Gasteiger partial charge >= 0.3 is 0 Å². The first-order valence-corrected chi connectivity index (χ1v) is 7.80. The molecule has 1 N–H and O–H groups in total. The minimum absolute atomic E-state index is 0.101. The number of nitrogens with zero attached hydrogens (tertiary/aromatic N) is 1. The highest BCUT2D eigenvalue weighted by atomic mass is 79.9. The van der Waals surface area contributed by atoms with Gasteiger partial charge in [0.1, 0.15) is 11.4 Å². The van der Waals surface area contributed by atoms with Crippen molar-refractivity contribution in [1.82, 2.24) is 10.2 Å². The van der Waals surface area contributed by atoms with Crippen LogP contribution in [0.15, 0.2) is 28.4 Å². The molecule has 1 fully saturated rings. The van der Waals surface area contributed by atoms with Crippen LogP contribution in [0.3, 0.4) is 0 Å². The molecule has 0 aliphatic carbocycles. The van der Waals surface area contributed by atoms with Gasteiger partial charge in [-0.1, -0.05) is 29.8 Å². The fourth-order valence-corrected chi connectivity index (χ4v) is 2.72. The first kappa shape index (κ1) is 16.0. The van der Waals surface area contributed by atoms with Gasteiger partial charge in [-0.05, 0) is 42.4 Å². The summed E-state index contributed by atoms with van der Waals surface area (Å²) in [5.41, 5.74) is 1.29. The number of amides is 1. The lowest BCUT2D eigenvalue weighted by Crippen LogP contribution is -2.33. The lowest BCUT2D eigenvalue weighted by atomic mass is 10.1. The molecule has 1 saturated heterocycles. The summed E-state index contributed by atoms with van der Waals surface area (Å²) < 4.78 is 6.23. The Bertz CT molecular complexity index is 614. The van der Waals surface area contributed by atoms with Gasteiger partial charge < -0.3 is 10.1 Å². The number of carbonyl (C=O) groups is 1. The maximum atomic E-state index is 12.4. The van der Waals surface area contributed by atoms with E-state index in [-0.39, 0.29) is 5.91 Å². The van der Waals surface area contributed by atoms with E-state index in [2.05, 4.69) is 35.1 Å². The van der Waals surface area contributed by atoms with E-state index >= 15 is 0 Å². The van der Waals surface area contributed by atoms with Crippen molar-refractivity contribution in [3.63, 3.8) is 0 Å². The second-order valence-corrected chi connectivity index (χ2v) is 6.49. The van der Waals surface area contributed by atoms with Crippen LogP contribution in [0.5, 0.6) is 5.75 Å². The second-order valence-electron chi connectivity index (χ2n) is 5.18. The summed E-state index contributed by atoms with van der Waals surface area (Å²) in [6, 6.07) is 5.63. The van der Waals surface area contributed by atoms with Gasteiger partial charge in [-0.3, -0.25) is 9.69 Å². The van der Waals surface area contributed by atoms with E-state index in [9.17, 15) is 4.79 Å². The highest BCUT2D eigenvalue weighted by Gasteiger charge is 2.30. The first-order valence-electron chi connectivity index (χ1n) is 6.60. The number of halogens is 1. The van der Waals surface area contributed by atoms with Gasteiger partial charge in [0.2, 0.25) is 0 Å². The molecule has 4 nitrogen and oxygen atoms in total. The van der Waals surface area contributed by atoms with Crippen LogP contribution in [0.1, 0.15) is 19.4 Å². The highest BCUT2D eigenvalue weighted by molar-refractivity contribution is 9.10. The number of ether oxygens (including phenoxy) is 1. The van der Waals surface area contributed by atoms with Crippen molar-refractivity contribution < 1.29 is 9.53 Å². The molecule has 0 saturated carbocycles. The zero-order chi connectivity index (χ0) is 15.6. The maximum Gasteiger partial charge on any atom is 0.276 e. The van der Waals surface area contributed by atoms with Crippen molar-refractivity contribution in [1.29, 1.82) is 0 Å². The summed E-state index contributed by atoms with van der Waals surface area (Å²) in [6.07, 6.45) is 1.76. The van der Waals surface area contributed by atoms with Gasteiger partial charge in [-0.15, -0.1) is 0 Å². The third kappa shape index (κ3) is 3.63. The third-order valence-electron chi connectivity index (χ3n) is 3.00. The Morgan fingerprint density at radius 2 is 2.19 bits per heavy atom. The van der Waals surface area contributed by atoms with Crippen molar-refractivity contribution in [2.24, 2.45) is 5.92 Å². The fraction of sp³-hybridized carbons (Fsp3) is 0.333. The lowest BCUT2D eigenvalue weighted by Gasteiger charge is -2.16. The summed E-state index contributed by atoms with van der Waals surface area (Å²) in [5, 5.41) is 3.43. The molecule has 1 aromatic rings. The number of hydrogen-bond donors (Lipinski definition) is 1. The molecule has 1 aliphatic heterocycles. The van der Waals surface area contributed by atoms with Gasteiger partial charge in [0.15, 0.2) is 5.11 Å². The summed E-state index contributed by atoms with van der Waals surface area (Å²) in [6.45, 7) is 4.71. The Balaban J connectivity index is 2.32. The van der Waals surface area contributed by atoms with Crippen LogP contribution >= 0.6 is 28.1 Å². The van der Waals surface area contributed by atoms with Crippen LogP contribution < -0.4 is 10.1 Å². The molecular formula is C15H17BrN2O2S. The Morgan fingerprint density at radius 1 is 1.48 bits per heavy atom. The number of hydrogen-bond acceptors (Lipinski definition) is 3. The summed E-state index contributed by atoms with van der Waals surface area (Å²) in [7, 11) is 1.60. The molecule has 0 atom stereocenters. The van der Waals surface area contributed by atoms with Crippen molar-refractivity contribution in [3.05, 3.63) is 33.9 Å². The Hall–Kier alpha value is -1.40. The van der Waals surface area contributed by atoms with Crippen molar-refractivity contribution in [2.75, 3.05) is 13.7 Å². The number of nitrogens with one attached hydrogen (secondary N) is 1. The second kappa shape index (κ2) is 6.58. The smallest absolute Gasteiger partial charge is 0.276 e. The van der Waals surface area contributed by atoms with Crippen LogP contribution in [0, 0.1) is 5.92 Å². The zero-order valence-corrected chi connectivity index (χ0v) is 14.5. The molecule has 0 unspecified atom stereocenters. The number of benzene rings is 1. The van der Waals surface area contributed by atoms with Crippen LogP contribution in [0.2, 0.25) is 0 Å². The minimum atomic E-state index is -0.101. The van der Waals surface area contributed by atoms with Gasteiger partial charge in [0.05, 0.1) is 7.11 Å². The van der Waals surface area contributed by atoms with Gasteiger partial charge in [0.25, 0.3) is 5.91 Å². The van der Waals surface area contributed by atoms with E-state index in [4.69, 9.17) is 17.0 Å². The van der Waals surface area contributed by atoms with Crippen LogP contribution in [0.4, 0.5) is 0 Å². The minimum Gasteiger partial charge on any atom is -0.496 e. The third-order valence-corrected chi connectivity index (χ3v) is 3.82. The SMILES string of the molecule is COc1ccc(Br)cc1/C=C1/NC(=S)N(CC(C)C)C1=O. The maximum absolute atomic E-state index is 12.4. The molecule has 1 aliphatic rings. The van der Waals surface area contributed by atoms with Gasteiger partial charge in [0, 0.05) is 16.6 Å². The molecule has 0 aromatic heterocycles. The van der Waals surface area contributed by atoms with E-state index in [0.29, 0.717) is 29.0 Å². The highest BCUT2D eigenvalue weighted by Crippen LogP contribution is 2.26. The van der Waals surface area contributed by atoms with Crippen LogP contribution in [-0.2, 0) is 4.79 Å². The normalized spacial score (nSPS) is 16.8. The topological polar surface area (TPSA) is 41.6 Å². The quantitative estimate of drug-likeness (QED) is 0.654.